The van der Waals surface area contributed by atoms with E-state index in [9.17, 15) is 0 Å². The van der Waals surface area contributed by atoms with Crippen LogP contribution in [0.1, 0.15) is 38.7 Å². The quantitative estimate of drug-likeness (QED) is 0.819. The molecule has 108 valence electrons. The van der Waals surface area contributed by atoms with Crippen LogP contribution in [0.3, 0.4) is 0 Å². The van der Waals surface area contributed by atoms with Crippen molar-refractivity contribution in [1.29, 1.82) is 0 Å². The molecule has 0 spiro atoms. The minimum absolute atomic E-state index is 0.821. The molecule has 1 aromatic rings. The fourth-order valence-electron chi connectivity index (χ4n) is 2.92. The average Bonchev–Trinajstić information content (AvgIpc) is 2.88. The van der Waals surface area contributed by atoms with Crippen molar-refractivity contribution < 1.29 is 0 Å². The fourth-order valence-corrected chi connectivity index (χ4v) is 2.92. The Balaban J connectivity index is 1.87. The maximum absolute atomic E-state index is 4.37. The Kier molecular flexibility index (Phi) is 5.86. The van der Waals surface area contributed by atoms with Crippen molar-refractivity contribution >= 4 is 0 Å². The Labute approximate surface area is 117 Å². The lowest BCUT2D eigenvalue weighted by molar-refractivity contribution is 0.201. The van der Waals surface area contributed by atoms with Crippen LogP contribution in [0.25, 0.3) is 0 Å². The van der Waals surface area contributed by atoms with E-state index in [2.05, 4.69) is 35.4 Å². The minimum Gasteiger partial charge on any atom is -0.316 e. The molecular formula is C15H28N4. The van der Waals surface area contributed by atoms with Crippen LogP contribution in [0.4, 0.5) is 0 Å². The van der Waals surface area contributed by atoms with Gasteiger partial charge in [-0.1, -0.05) is 6.92 Å². The molecule has 0 bridgehead atoms. The van der Waals surface area contributed by atoms with E-state index in [0.717, 1.165) is 19.0 Å². The van der Waals surface area contributed by atoms with E-state index < -0.39 is 0 Å². The zero-order valence-electron chi connectivity index (χ0n) is 12.4. The van der Waals surface area contributed by atoms with Gasteiger partial charge < -0.3 is 5.32 Å². The first-order valence-electron chi connectivity index (χ1n) is 7.76. The summed E-state index contributed by atoms with van der Waals surface area (Å²) in [5.41, 5.74) is 1.35. The van der Waals surface area contributed by atoms with Gasteiger partial charge in [0.25, 0.3) is 0 Å². The number of aryl methyl sites for hydroxylation is 1. The topological polar surface area (TPSA) is 33.1 Å². The Morgan fingerprint density at radius 2 is 2.37 bits per heavy atom. The van der Waals surface area contributed by atoms with E-state index in [1.807, 2.05) is 10.9 Å². The van der Waals surface area contributed by atoms with Crippen LogP contribution in [-0.4, -0.2) is 40.9 Å². The summed E-state index contributed by atoms with van der Waals surface area (Å²) in [6.45, 7) is 11.2. The van der Waals surface area contributed by atoms with E-state index >= 15 is 0 Å². The van der Waals surface area contributed by atoms with Gasteiger partial charge in [-0.3, -0.25) is 9.58 Å². The third-order valence-corrected chi connectivity index (χ3v) is 3.87. The summed E-state index contributed by atoms with van der Waals surface area (Å²) in [5, 5.41) is 7.89. The molecular weight excluding hydrogens is 236 g/mol. The van der Waals surface area contributed by atoms with Crippen LogP contribution < -0.4 is 5.32 Å². The van der Waals surface area contributed by atoms with E-state index in [0.29, 0.717) is 0 Å². The van der Waals surface area contributed by atoms with Crippen LogP contribution in [-0.2, 0) is 13.1 Å². The molecule has 0 radical (unpaired) electrons. The molecule has 1 unspecified atom stereocenters. The molecule has 2 heterocycles. The standard InChI is InChI=1S/C15H28N4/c1-3-8-18(11-14-6-5-7-16-9-14)12-15-10-17-19(4-2)13-15/h10,13-14,16H,3-9,11-12H2,1-2H3. The summed E-state index contributed by atoms with van der Waals surface area (Å²) in [7, 11) is 0. The highest BCUT2D eigenvalue weighted by Gasteiger charge is 2.17. The second-order valence-electron chi connectivity index (χ2n) is 5.65. The van der Waals surface area contributed by atoms with Gasteiger partial charge >= 0.3 is 0 Å². The molecule has 1 N–H and O–H groups in total. The predicted octanol–water partition coefficient (Wildman–Crippen LogP) is 2.11. The number of hydrogen-bond acceptors (Lipinski definition) is 3. The average molecular weight is 264 g/mol. The van der Waals surface area contributed by atoms with Crippen molar-refractivity contribution in [2.45, 2.75) is 46.2 Å². The fraction of sp³-hybridized carbons (Fsp3) is 0.800. The molecule has 2 rings (SSSR count). The predicted molar refractivity (Wildman–Crippen MR) is 79.1 cm³/mol. The van der Waals surface area contributed by atoms with Crippen LogP contribution in [0.15, 0.2) is 12.4 Å². The molecule has 0 saturated carbocycles. The number of piperidine rings is 1. The van der Waals surface area contributed by atoms with Gasteiger partial charge in [0.2, 0.25) is 0 Å². The zero-order valence-corrected chi connectivity index (χ0v) is 12.4. The molecule has 1 aliphatic rings. The lowest BCUT2D eigenvalue weighted by atomic mass is 9.99. The molecule has 0 aromatic carbocycles. The Bertz CT molecular complexity index is 355. The molecule has 1 aliphatic heterocycles. The third kappa shape index (κ3) is 4.62. The Morgan fingerprint density at radius 1 is 1.47 bits per heavy atom. The smallest absolute Gasteiger partial charge is 0.0534 e. The van der Waals surface area contributed by atoms with Gasteiger partial charge in [0.1, 0.15) is 0 Å². The van der Waals surface area contributed by atoms with Gasteiger partial charge in [0.05, 0.1) is 6.20 Å². The lowest BCUT2D eigenvalue weighted by Crippen LogP contribution is -2.38. The van der Waals surface area contributed by atoms with E-state index in [4.69, 9.17) is 0 Å². The van der Waals surface area contributed by atoms with E-state index in [1.54, 1.807) is 0 Å². The van der Waals surface area contributed by atoms with E-state index in [-0.39, 0.29) is 0 Å². The molecule has 1 fully saturated rings. The maximum atomic E-state index is 4.37. The van der Waals surface area contributed by atoms with E-state index in [1.165, 1.54) is 51.0 Å². The van der Waals surface area contributed by atoms with Crippen molar-refractivity contribution in [3.8, 4) is 0 Å². The highest BCUT2D eigenvalue weighted by atomic mass is 15.3. The minimum atomic E-state index is 0.821. The highest BCUT2D eigenvalue weighted by Crippen LogP contribution is 2.14. The van der Waals surface area contributed by atoms with Crippen molar-refractivity contribution in [3.05, 3.63) is 18.0 Å². The van der Waals surface area contributed by atoms with Gasteiger partial charge in [-0.25, -0.2) is 0 Å². The van der Waals surface area contributed by atoms with Gasteiger partial charge in [-0.2, -0.15) is 5.10 Å². The molecule has 4 nitrogen and oxygen atoms in total. The number of nitrogens with zero attached hydrogens (tertiary/aromatic N) is 3. The molecule has 0 aliphatic carbocycles. The molecule has 19 heavy (non-hydrogen) atoms. The van der Waals surface area contributed by atoms with Crippen molar-refractivity contribution in [3.63, 3.8) is 0 Å². The van der Waals surface area contributed by atoms with Crippen LogP contribution in [0, 0.1) is 5.92 Å². The Morgan fingerprint density at radius 3 is 3.00 bits per heavy atom. The largest absolute Gasteiger partial charge is 0.316 e. The van der Waals surface area contributed by atoms with Crippen molar-refractivity contribution in [2.24, 2.45) is 5.92 Å². The summed E-state index contributed by atoms with van der Waals surface area (Å²) in [6, 6.07) is 0. The summed E-state index contributed by atoms with van der Waals surface area (Å²) in [5.74, 6) is 0.821. The molecule has 0 amide bonds. The molecule has 1 atom stereocenters. The maximum Gasteiger partial charge on any atom is 0.0534 e. The summed E-state index contributed by atoms with van der Waals surface area (Å²) in [6.07, 6.45) is 8.13. The van der Waals surface area contributed by atoms with Crippen LogP contribution >= 0.6 is 0 Å². The number of rotatable bonds is 7. The van der Waals surface area contributed by atoms with Crippen molar-refractivity contribution in [1.82, 2.24) is 20.0 Å². The SMILES string of the molecule is CCCN(Cc1cnn(CC)c1)CC1CCCNC1. The number of nitrogens with one attached hydrogen (secondary N) is 1. The van der Waals surface area contributed by atoms with Gasteiger partial charge in [-0.05, 0) is 51.7 Å². The third-order valence-electron chi connectivity index (χ3n) is 3.87. The summed E-state index contributed by atoms with van der Waals surface area (Å²) >= 11 is 0. The van der Waals surface area contributed by atoms with Gasteiger partial charge in [-0.15, -0.1) is 0 Å². The second kappa shape index (κ2) is 7.65. The van der Waals surface area contributed by atoms with Crippen LogP contribution in [0.2, 0.25) is 0 Å². The normalized spacial score (nSPS) is 20.1. The number of aromatic nitrogens is 2. The summed E-state index contributed by atoms with van der Waals surface area (Å²) in [4.78, 5) is 2.59. The summed E-state index contributed by atoms with van der Waals surface area (Å²) < 4.78 is 2.02. The molecule has 1 saturated heterocycles. The van der Waals surface area contributed by atoms with Crippen molar-refractivity contribution in [2.75, 3.05) is 26.2 Å². The highest BCUT2D eigenvalue weighted by molar-refractivity contribution is 5.03. The van der Waals surface area contributed by atoms with Crippen LogP contribution in [0.5, 0.6) is 0 Å². The Hall–Kier alpha value is -0.870. The second-order valence-corrected chi connectivity index (χ2v) is 5.65. The number of hydrogen-bond donors (Lipinski definition) is 1. The first kappa shape index (κ1) is 14.5. The molecule has 1 aromatic heterocycles. The first-order chi connectivity index (χ1) is 9.31. The monoisotopic (exact) mass is 264 g/mol. The van der Waals surface area contributed by atoms with Gasteiger partial charge in [0, 0.05) is 31.4 Å². The lowest BCUT2D eigenvalue weighted by Gasteiger charge is -2.29. The first-order valence-corrected chi connectivity index (χ1v) is 7.76. The van der Waals surface area contributed by atoms with Gasteiger partial charge in [0.15, 0.2) is 0 Å². The molecule has 4 heteroatoms. The zero-order chi connectivity index (χ0) is 13.5.